The molecule has 0 atom stereocenters. The minimum atomic E-state index is -0.215. The Hall–Kier alpha value is -0.620. The largest absolute Gasteiger partial charge is 0.370 e. The maximum absolute atomic E-state index is 12.3. The average Bonchev–Trinajstić information content (AvgIpc) is 2.63. The van der Waals surface area contributed by atoms with Crippen LogP contribution in [0.2, 0.25) is 0 Å². The maximum Gasteiger partial charge on any atom is 0.188 e. The van der Waals surface area contributed by atoms with Gasteiger partial charge in [0.2, 0.25) is 0 Å². The molecule has 0 spiro atoms. The number of nitrogens with one attached hydrogen (secondary N) is 1. The van der Waals surface area contributed by atoms with Crippen LogP contribution in [0.4, 0.5) is 4.39 Å². The number of nitrogens with zero attached hydrogens (tertiary/aromatic N) is 1. The van der Waals surface area contributed by atoms with E-state index in [2.05, 4.69) is 26.2 Å². The number of halogens is 3. The van der Waals surface area contributed by atoms with Gasteiger partial charge in [-0.15, -0.1) is 17.0 Å². The minimum absolute atomic E-state index is 0. The van der Waals surface area contributed by atoms with E-state index in [0.717, 1.165) is 13.1 Å². The maximum atomic E-state index is 12.3. The van der Waals surface area contributed by atoms with E-state index >= 15 is 0 Å². The van der Waals surface area contributed by atoms with Crippen LogP contribution in [-0.2, 0) is 0 Å². The van der Waals surface area contributed by atoms with Gasteiger partial charge in [0.25, 0.3) is 0 Å². The van der Waals surface area contributed by atoms with E-state index in [-0.39, 0.29) is 22.8 Å². The Morgan fingerprint density at radius 2 is 2.07 bits per heavy atom. The van der Waals surface area contributed by atoms with E-state index in [1.165, 1.54) is 6.07 Å². The lowest BCUT2D eigenvalue weighted by molar-refractivity contribution is 0.621. The standard InChI is InChI=1S/C6H4BrF.C3H7N3.BrH/c7-5-3-1-2-4-6(5)8;4-3-5-1-2-6-3;/h1-4H;1-2H2,(H3,4,5,6);1H. The summed E-state index contributed by atoms with van der Waals surface area (Å²) in [6.45, 7) is 1.75. The number of rotatable bonds is 0. The highest BCUT2D eigenvalue weighted by molar-refractivity contribution is 9.10. The quantitative estimate of drug-likeness (QED) is 0.759. The fraction of sp³-hybridized carbons (Fsp3) is 0.222. The van der Waals surface area contributed by atoms with E-state index in [1.54, 1.807) is 18.2 Å². The van der Waals surface area contributed by atoms with Gasteiger partial charge in [-0.25, -0.2) is 4.39 Å². The Kier molecular flexibility index (Phi) is 7.33. The predicted molar refractivity (Wildman–Crippen MR) is 68.9 cm³/mol. The van der Waals surface area contributed by atoms with Gasteiger partial charge in [0, 0.05) is 6.54 Å². The summed E-state index contributed by atoms with van der Waals surface area (Å²) in [4.78, 5) is 3.82. The highest BCUT2D eigenvalue weighted by atomic mass is 79.9. The Morgan fingerprint density at radius 3 is 2.33 bits per heavy atom. The molecule has 84 valence electrons. The van der Waals surface area contributed by atoms with Crippen LogP contribution in [0.25, 0.3) is 0 Å². The normalized spacial score (nSPS) is 12.8. The van der Waals surface area contributed by atoms with Gasteiger partial charge in [0.05, 0.1) is 11.0 Å². The molecule has 1 aromatic rings. The first-order chi connectivity index (χ1) is 6.70. The van der Waals surface area contributed by atoms with Crippen molar-refractivity contribution in [3.05, 3.63) is 34.6 Å². The predicted octanol–water partition coefficient (Wildman–Crippen LogP) is 2.07. The first kappa shape index (κ1) is 14.4. The van der Waals surface area contributed by atoms with Gasteiger partial charge in [-0.05, 0) is 28.1 Å². The summed E-state index contributed by atoms with van der Waals surface area (Å²) in [6, 6.07) is 6.49. The summed E-state index contributed by atoms with van der Waals surface area (Å²) in [5.41, 5.74) is 5.17. The Balaban J connectivity index is 0.000000253. The molecule has 2 rings (SSSR count). The molecule has 0 bridgehead atoms. The second-order valence-corrected chi connectivity index (χ2v) is 3.46. The van der Waals surface area contributed by atoms with Gasteiger partial charge < -0.3 is 11.1 Å². The van der Waals surface area contributed by atoms with Crippen LogP contribution >= 0.6 is 32.9 Å². The van der Waals surface area contributed by atoms with Crippen molar-refractivity contribution >= 4 is 38.9 Å². The molecule has 0 saturated carbocycles. The van der Waals surface area contributed by atoms with Crippen LogP contribution in [0.3, 0.4) is 0 Å². The topological polar surface area (TPSA) is 50.4 Å². The van der Waals surface area contributed by atoms with Crippen molar-refractivity contribution in [1.29, 1.82) is 0 Å². The molecule has 1 aliphatic rings. The number of hydrogen-bond acceptors (Lipinski definition) is 3. The summed E-state index contributed by atoms with van der Waals surface area (Å²) < 4.78 is 12.8. The first-order valence-corrected chi connectivity index (χ1v) is 4.93. The molecule has 1 aliphatic heterocycles. The summed E-state index contributed by atoms with van der Waals surface area (Å²) in [6.07, 6.45) is 0. The highest BCUT2D eigenvalue weighted by Gasteiger charge is 1.94. The molecule has 1 aromatic carbocycles. The highest BCUT2D eigenvalue weighted by Crippen LogP contribution is 2.12. The van der Waals surface area contributed by atoms with Crippen molar-refractivity contribution in [2.45, 2.75) is 0 Å². The van der Waals surface area contributed by atoms with E-state index in [1.807, 2.05) is 0 Å². The zero-order valence-electron chi connectivity index (χ0n) is 7.91. The Morgan fingerprint density at radius 1 is 1.40 bits per heavy atom. The summed E-state index contributed by atoms with van der Waals surface area (Å²) in [5.74, 6) is 0.363. The third kappa shape index (κ3) is 5.74. The van der Waals surface area contributed by atoms with Gasteiger partial charge in [0.15, 0.2) is 5.96 Å². The first-order valence-electron chi connectivity index (χ1n) is 4.14. The molecule has 3 N–H and O–H groups in total. The summed E-state index contributed by atoms with van der Waals surface area (Å²) in [5, 5.41) is 2.85. The monoisotopic (exact) mass is 339 g/mol. The van der Waals surface area contributed by atoms with Gasteiger partial charge in [0.1, 0.15) is 5.82 Å². The number of guanidine groups is 1. The van der Waals surface area contributed by atoms with Crippen LogP contribution in [-0.4, -0.2) is 19.0 Å². The molecule has 0 aliphatic carbocycles. The number of hydrogen-bond donors (Lipinski definition) is 2. The smallest absolute Gasteiger partial charge is 0.188 e. The molecule has 0 aromatic heterocycles. The zero-order chi connectivity index (χ0) is 10.4. The van der Waals surface area contributed by atoms with Gasteiger partial charge in [-0.2, -0.15) is 0 Å². The fourth-order valence-electron chi connectivity index (χ4n) is 0.856. The molecule has 0 amide bonds. The molecular formula is C9H12Br2FN3. The van der Waals surface area contributed by atoms with Gasteiger partial charge in [-0.1, -0.05) is 12.1 Å². The molecule has 6 heteroatoms. The Labute approximate surface area is 107 Å². The van der Waals surface area contributed by atoms with Crippen molar-refractivity contribution in [1.82, 2.24) is 5.32 Å². The van der Waals surface area contributed by atoms with Crippen LogP contribution < -0.4 is 11.1 Å². The van der Waals surface area contributed by atoms with Crippen molar-refractivity contribution in [3.8, 4) is 0 Å². The van der Waals surface area contributed by atoms with Crippen LogP contribution in [0.15, 0.2) is 33.7 Å². The van der Waals surface area contributed by atoms with E-state index < -0.39 is 0 Å². The fourth-order valence-corrected chi connectivity index (χ4v) is 1.14. The van der Waals surface area contributed by atoms with Crippen molar-refractivity contribution in [2.75, 3.05) is 13.1 Å². The lowest BCUT2D eigenvalue weighted by Gasteiger charge is -1.87. The molecule has 15 heavy (non-hydrogen) atoms. The van der Waals surface area contributed by atoms with Crippen molar-refractivity contribution < 1.29 is 4.39 Å². The van der Waals surface area contributed by atoms with E-state index in [4.69, 9.17) is 5.73 Å². The third-order valence-corrected chi connectivity index (χ3v) is 2.17. The molecule has 3 nitrogen and oxygen atoms in total. The molecule has 0 unspecified atom stereocenters. The number of aliphatic imine (C=N–C) groups is 1. The second kappa shape index (κ2) is 7.64. The van der Waals surface area contributed by atoms with Gasteiger partial charge >= 0.3 is 0 Å². The lowest BCUT2D eigenvalue weighted by Crippen LogP contribution is -2.26. The van der Waals surface area contributed by atoms with Gasteiger partial charge in [-0.3, -0.25) is 4.99 Å². The Bertz CT molecular complexity index is 310. The van der Waals surface area contributed by atoms with Crippen LogP contribution in [0.1, 0.15) is 0 Å². The number of benzene rings is 1. The third-order valence-electron chi connectivity index (χ3n) is 1.52. The molecular weight excluding hydrogens is 329 g/mol. The summed E-state index contributed by atoms with van der Waals surface area (Å²) in [7, 11) is 0. The molecule has 0 radical (unpaired) electrons. The van der Waals surface area contributed by atoms with E-state index in [0.29, 0.717) is 10.4 Å². The molecule has 1 heterocycles. The van der Waals surface area contributed by atoms with Crippen LogP contribution in [0, 0.1) is 5.82 Å². The van der Waals surface area contributed by atoms with Crippen molar-refractivity contribution in [2.24, 2.45) is 10.7 Å². The second-order valence-electron chi connectivity index (χ2n) is 2.61. The minimum Gasteiger partial charge on any atom is -0.370 e. The van der Waals surface area contributed by atoms with Crippen LogP contribution in [0.5, 0.6) is 0 Å². The molecule has 0 saturated heterocycles. The lowest BCUT2D eigenvalue weighted by atomic mass is 10.4. The summed E-state index contributed by atoms with van der Waals surface area (Å²) >= 11 is 3.02. The zero-order valence-corrected chi connectivity index (χ0v) is 11.2. The van der Waals surface area contributed by atoms with Crippen molar-refractivity contribution in [3.63, 3.8) is 0 Å². The number of nitrogens with two attached hydrogens (primary N) is 1. The average molecular weight is 341 g/mol. The molecule has 0 fully saturated rings. The van der Waals surface area contributed by atoms with E-state index in [9.17, 15) is 4.39 Å². The SMILES string of the molecule is Br.Fc1ccccc1Br.NC1=NCCN1.